The van der Waals surface area contributed by atoms with Crippen molar-refractivity contribution in [1.82, 2.24) is 9.78 Å². The molecule has 4 aromatic rings. The molecule has 1 N–H and O–H groups in total. The Labute approximate surface area is 184 Å². The number of amides is 1. The second kappa shape index (κ2) is 8.85. The van der Waals surface area contributed by atoms with Crippen LogP contribution in [0.2, 0.25) is 0 Å². The van der Waals surface area contributed by atoms with Gasteiger partial charge in [0, 0.05) is 16.6 Å². The van der Waals surface area contributed by atoms with Gasteiger partial charge in [-0.1, -0.05) is 48.0 Å². The topological polar surface area (TPSA) is 90.3 Å². The van der Waals surface area contributed by atoms with E-state index in [-0.39, 0.29) is 12.1 Å². The number of aryl methyl sites for hydroxylation is 1. The summed E-state index contributed by atoms with van der Waals surface area (Å²) in [6.45, 7) is 1.75. The molecular formula is C25H21N3O4. The van der Waals surface area contributed by atoms with Crippen molar-refractivity contribution in [3.63, 3.8) is 0 Å². The number of ether oxygens (including phenoxy) is 1. The normalized spacial score (nSPS) is 10.7. The van der Waals surface area contributed by atoms with Crippen LogP contribution >= 0.6 is 0 Å². The molecule has 0 bridgehead atoms. The van der Waals surface area contributed by atoms with Gasteiger partial charge in [-0.2, -0.15) is 5.10 Å². The van der Waals surface area contributed by atoms with E-state index in [1.807, 2.05) is 43.3 Å². The molecule has 0 fully saturated rings. The average Bonchev–Trinajstić information content (AvgIpc) is 2.81. The highest BCUT2D eigenvalue weighted by Crippen LogP contribution is 2.24. The highest BCUT2D eigenvalue weighted by molar-refractivity contribution is 5.95. The number of carbonyl (C=O) groups is 2. The molecule has 0 saturated carbocycles. The van der Waals surface area contributed by atoms with Crippen molar-refractivity contribution in [2.75, 3.05) is 12.4 Å². The third kappa shape index (κ3) is 4.27. The van der Waals surface area contributed by atoms with E-state index in [0.717, 1.165) is 16.5 Å². The zero-order chi connectivity index (χ0) is 22.7. The Hall–Kier alpha value is -4.26. The molecule has 0 aliphatic carbocycles. The first-order valence-electron chi connectivity index (χ1n) is 10.0. The first kappa shape index (κ1) is 21.0. The lowest BCUT2D eigenvalue weighted by molar-refractivity contribution is -0.117. The fraction of sp³-hybridized carbons (Fsp3) is 0.120. The van der Waals surface area contributed by atoms with Gasteiger partial charge >= 0.3 is 5.97 Å². The highest BCUT2D eigenvalue weighted by atomic mass is 16.5. The predicted octanol–water partition coefficient (Wildman–Crippen LogP) is 3.80. The lowest BCUT2D eigenvalue weighted by Gasteiger charge is -2.12. The van der Waals surface area contributed by atoms with Crippen molar-refractivity contribution in [1.29, 1.82) is 0 Å². The molecule has 32 heavy (non-hydrogen) atoms. The van der Waals surface area contributed by atoms with E-state index >= 15 is 0 Å². The Morgan fingerprint density at radius 3 is 2.25 bits per heavy atom. The van der Waals surface area contributed by atoms with Gasteiger partial charge in [-0.25, -0.2) is 9.48 Å². The Morgan fingerprint density at radius 1 is 0.938 bits per heavy atom. The van der Waals surface area contributed by atoms with Gasteiger partial charge < -0.3 is 10.1 Å². The molecule has 7 heteroatoms. The van der Waals surface area contributed by atoms with Crippen LogP contribution in [0.5, 0.6) is 0 Å². The number of anilines is 1. The van der Waals surface area contributed by atoms with E-state index in [0.29, 0.717) is 22.3 Å². The number of nitrogens with zero attached hydrogens (tertiary/aromatic N) is 2. The number of hydrogen-bond acceptors (Lipinski definition) is 5. The quantitative estimate of drug-likeness (QED) is 0.490. The first-order valence-corrected chi connectivity index (χ1v) is 10.0. The number of aromatic nitrogens is 2. The molecule has 160 valence electrons. The van der Waals surface area contributed by atoms with Crippen LogP contribution in [-0.4, -0.2) is 28.8 Å². The molecule has 3 aromatic carbocycles. The summed E-state index contributed by atoms with van der Waals surface area (Å²) in [5.74, 6) is -0.867. The number of methoxy groups -OCH3 is 1. The van der Waals surface area contributed by atoms with Gasteiger partial charge in [-0.3, -0.25) is 9.59 Å². The second-order valence-electron chi connectivity index (χ2n) is 7.34. The largest absolute Gasteiger partial charge is 0.465 e. The van der Waals surface area contributed by atoms with Crippen LogP contribution in [0.4, 0.5) is 5.69 Å². The van der Waals surface area contributed by atoms with Crippen LogP contribution in [-0.2, 0) is 16.1 Å². The second-order valence-corrected chi connectivity index (χ2v) is 7.34. The van der Waals surface area contributed by atoms with Crippen molar-refractivity contribution in [3.8, 4) is 11.3 Å². The SMILES string of the molecule is COC(=O)c1ccc(NC(=O)Cn2nc(-c3ccc(C)cc3)c3ccccc3c2=O)cc1. The van der Waals surface area contributed by atoms with Crippen LogP contribution in [0.3, 0.4) is 0 Å². The minimum Gasteiger partial charge on any atom is -0.465 e. The third-order valence-corrected chi connectivity index (χ3v) is 5.08. The van der Waals surface area contributed by atoms with E-state index < -0.39 is 11.9 Å². The summed E-state index contributed by atoms with van der Waals surface area (Å²) in [4.78, 5) is 37.2. The van der Waals surface area contributed by atoms with Crippen molar-refractivity contribution in [3.05, 3.63) is 94.3 Å². The predicted molar refractivity (Wildman–Crippen MR) is 123 cm³/mol. The fourth-order valence-corrected chi connectivity index (χ4v) is 3.41. The minimum atomic E-state index is -0.460. The van der Waals surface area contributed by atoms with E-state index in [1.54, 1.807) is 36.4 Å². The number of hydrogen-bond donors (Lipinski definition) is 1. The molecule has 0 aliphatic rings. The van der Waals surface area contributed by atoms with Crippen LogP contribution in [0.25, 0.3) is 22.0 Å². The van der Waals surface area contributed by atoms with Crippen LogP contribution in [0, 0.1) is 6.92 Å². The Morgan fingerprint density at radius 2 is 1.59 bits per heavy atom. The number of rotatable bonds is 5. The van der Waals surface area contributed by atoms with E-state index in [2.05, 4.69) is 15.2 Å². The molecular weight excluding hydrogens is 406 g/mol. The molecule has 7 nitrogen and oxygen atoms in total. The monoisotopic (exact) mass is 427 g/mol. The summed E-state index contributed by atoms with van der Waals surface area (Å²) in [5.41, 5.74) is 3.14. The van der Waals surface area contributed by atoms with Gasteiger partial charge in [0.15, 0.2) is 0 Å². The Kier molecular flexibility index (Phi) is 5.81. The molecule has 0 aliphatic heterocycles. The highest BCUT2D eigenvalue weighted by Gasteiger charge is 2.14. The van der Waals surface area contributed by atoms with Gasteiger partial charge in [-0.15, -0.1) is 0 Å². The number of nitrogens with one attached hydrogen (secondary N) is 1. The van der Waals surface area contributed by atoms with E-state index in [1.165, 1.54) is 11.8 Å². The summed E-state index contributed by atoms with van der Waals surface area (Å²) in [6.07, 6.45) is 0. The summed E-state index contributed by atoms with van der Waals surface area (Å²) >= 11 is 0. The Bertz CT molecular complexity index is 1360. The molecule has 0 saturated heterocycles. The van der Waals surface area contributed by atoms with Crippen molar-refractivity contribution < 1.29 is 14.3 Å². The summed E-state index contributed by atoms with van der Waals surface area (Å²) in [6, 6.07) is 21.4. The summed E-state index contributed by atoms with van der Waals surface area (Å²) < 4.78 is 5.84. The molecule has 0 atom stereocenters. The maximum absolute atomic E-state index is 13.0. The smallest absolute Gasteiger partial charge is 0.337 e. The van der Waals surface area contributed by atoms with Gasteiger partial charge in [0.05, 0.1) is 23.8 Å². The van der Waals surface area contributed by atoms with Crippen molar-refractivity contribution >= 4 is 28.3 Å². The maximum Gasteiger partial charge on any atom is 0.337 e. The molecule has 0 radical (unpaired) electrons. The molecule has 1 aromatic heterocycles. The van der Waals surface area contributed by atoms with Gasteiger partial charge in [0.1, 0.15) is 6.54 Å². The molecule has 0 spiro atoms. The standard InChI is InChI=1S/C25H21N3O4/c1-16-7-9-17(10-8-16)23-20-5-3-4-6-21(20)24(30)28(27-23)15-22(29)26-19-13-11-18(12-14-19)25(31)32-2/h3-14H,15H2,1-2H3,(H,26,29). The fourth-order valence-electron chi connectivity index (χ4n) is 3.41. The van der Waals surface area contributed by atoms with Gasteiger partial charge in [0.25, 0.3) is 5.56 Å². The van der Waals surface area contributed by atoms with Gasteiger partial charge in [-0.05, 0) is 37.3 Å². The summed E-state index contributed by atoms with van der Waals surface area (Å²) in [5, 5.41) is 8.46. The minimum absolute atomic E-state index is 0.249. The third-order valence-electron chi connectivity index (χ3n) is 5.08. The molecule has 1 heterocycles. The van der Waals surface area contributed by atoms with Crippen LogP contribution in [0.1, 0.15) is 15.9 Å². The van der Waals surface area contributed by atoms with Gasteiger partial charge in [0.2, 0.25) is 5.91 Å². The molecule has 4 rings (SSSR count). The zero-order valence-electron chi connectivity index (χ0n) is 17.7. The van der Waals surface area contributed by atoms with E-state index in [4.69, 9.17) is 0 Å². The van der Waals surface area contributed by atoms with E-state index in [9.17, 15) is 14.4 Å². The number of benzene rings is 3. The number of carbonyl (C=O) groups excluding carboxylic acids is 2. The van der Waals surface area contributed by atoms with Crippen molar-refractivity contribution in [2.24, 2.45) is 0 Å². The first-order chi connectivity index (χ1) is 15.5. The van der Waals surface area contributed by atoms with Crippen molar-refractivity contribution in [2.45, 2.75) is 13.5 Å². The average molecular weight is 427 g/mol. The van der Waals surface area contributed by atoms with Crippen LogP contribution in [0.15, 0.2) is 77.6 Å². The number of esters is 1. The summed E-state index contributed by atoms with van der Waals surface area (Å²) in [7, 11) is 1.30. The van der Waals surface area contributed by atoms with Crippen LogP contribution < -0.4 is 10.9 Å². The zero-order valence-corrected chi connectivity index (χ0v) is 17.7. The maximum atomic E-state index is 13.0. The Balaban J connectivity index is 1.65. The molecule has 0 unspecified atom stereocenters. The molecule has 1 amide bonds. The lowest BCUT2D eigenvalue weighted by Crippen LogP contribution is -2.30. The lowest BCUT2D eigenvalue weighted by atomic mass is 10.0. The number of fused-ring (bicyclic) bond motifs is 1.